The lowest BCUT2D eigenvalue weighted by molar-refractivity contribution is -0.244. The fourth-order valence-electron chi connectivity index (χ4n) is 6.36. The number of ether oxygens (including phenoxy) is 6. The predicted octanol–water partition coefficient (Wildman–Crippen LogP) is 5.59. The van der Waals surface area contributed by atoms with Crippen LogP contribution in [0.3, 0.4) is 0 Å². The maximum atomic E-state index is 11.6. The van der Waals surface area contributed by atoms with Crippen LogP contribution in [0, 0.1) is 48.4 Å². The molecular weight excluding hydrogens is 691 g/mol. The van der Waals surface area contributed by atoms with Gasteiger partial charge in [0.25, 0.3) is 0 Å². The number of aliphatic hydroxyl groups is 1. The molecule has 1 amide bonds. The molecule has 2 N–H and O–H groups in total. The van der Waals surface area contributed by atoms with E-state index >= 15 is 0 Å². The summed E-state index contributed by atoms with van der Waals surface area (Å²) in [5.74, 6) is 6.07. The van der Waals surface area contributed by atoms with E-state index in [1.807, 2.05) is 13.8 Å². The van der Waals surface area contributed by atoms with Gasteiger partial charge in [-0.25, -0.2) is 4.99 Å². The monoisotopic (exact) mass is 759 g/mol. The van der Waals surface area contributed by atoms with Crippen molar-refractivity contribution in [3.63, 3.8) is 0 Å². The average molecular weight is 760 g/mol. The van der Waals surface area contributed by atoms with Gasteiger partial charge in [-0.3, -0.25) is 14.4 Å². The maximum Gasteiger partial charge on any atom is 0.302 e. The summed E-state index contributed by atoms with van der Waals surface area (Å²) in [6.07, 6.45) is 20.4. The Bertz CT molecular complexity index is 1190. The van der Waals surface area contributed by atoms with Crippen LogP contribution in [-0.2, 0) is 42.8 Å². The van der Waals surface area contributed by atoms with Gasteiger partial charge in [0.15, 0.2) is 12.2 Å². The third-order valence-electron chi connectivity index (χ3n) is 9.99. The number of amides is 1. The van der Waals surface area contributed by atoms with Crippen LogP contribution in [0.15, 0.2) is 4.99 Å². The minimum Gasteiger partial charge on any atom is -0.463 e. The van der Waals surface area contributed by atoms with Gasteiger partial charge in [-0.15, -0.1) is 24.7 Å². The van der Waals surface area contributed by atoms with Gasteiger partial charge in [-0.05, 0) is 49.4 Å². The van der Waals surface area contributed by atoms with E-state index in [-0.39, 0.29) is 87.8 Å². The highest BCUT2D eigenvalue weighted by atomic mass is 16.7. The Labute approximate surface area is 327 Å². The molecular formula is C41H68BN2O10. The van der Waals surface area contributed by atoms with Gasteiger partial charge >= 0.3 is 11.9 Å². The SMILES string of the molecule is C#CCCCCCCCCOC1OC(COC(C)=O)C(C)C(C)C1NC(C)=O.C#CCCCCCO.CC(=O)OCC1OC2OC(C)=NC2C(C)C1C.[B]. The summed E-state index contributed by atoms with van der Waals surface area (Å²) in [6, 6.07) is -0.150. The van der Waals surface area contributed by atoms with Crippen LogP contribution in [0.2, 0.25) is 0 Å². The van der Waals surface area contributed by atoms with Crippen molar-refractivity contribution in [1.82, 2.24) is 5.32 Å². The zero-order valence-electron chi connectivity index (χ0n) is 34.2. The van der Waals surface area contributed by atoms with Crippen molar-refractivity contribution in [2.75, 3.05) is 26.4 Å². The summed E-state index contributed by atoms with van der Waals surface area (Å²) in [7, 11) is 0. The second kappa shape index (κ2) is 29.2. The molecule has 0 bridgehead atoms. The number of fused-ring (bicyclic) bond motifs is 1. The summed E-state index contributed by atoms with van der Waals surface area (Å²) >= 11 is 0. The first-order chi connectivity index (χ1) is 25.3. The highest BCUT2D eigenvalue weighted by molar-refractivity contribution is 5.76. The molecule has 2 saturated heterocycles. The van der Waals surface area contributed by atoms with Crippen LogP contribution >= 0.6 is 0 Å². The van der Waals surface area contributed by atoms with Crippen molar-refractivity contribution >= 4 is 32.2 Å². The quantitative estimate of drug-likeness (QED) is 0.0784. The van der Waals surface area contributed by atoms with Gasteiger partial charge in [-0.2, -0.15) is 0 Å². The number of nitrogens with one attached hydrogen (secondary N) is 1. The Hall–Kier alpha value is -3.10. The number of hydrogen-bond donors (Lipinski definition) is 2. The first kappa shape index (κ1) is 50.9. The molecule has 54 heavy (non-hydrogen) atoms. The Morgan fingerprint density at radius 2 is 1.26 bits per heavy atom. The van der Waals surface area contributed by atoms with E-state index < -0.39 is 6.29 Å². The Morgan fingerprint density at radius 1 is 0.759 bits per heavy atom. The van der Waals surface area contributed by atoms with E-state index in [1.54, 1.807) is 0 Å². The van der Waals surface area contributed by atoms with Crippen LogP contribution < -0.4 is 5.32 Å². The number of aliphatic imine (C=N–C) groups is 1. The highest BCUT2D eigenvalue weighted by Crippen LogP contribution is 2.36. The third kappa shape index (κ3) is 20.0. The van der Waals surface area contributed by atoms with E-state index in [4.69, 9.17) is 46.4 Å². The largest absolute Gasteiger partial charge is 0.463 e. The fourth-order valence-corrected chi connectivity index (χ4v) is 6.36. The second-order valence-electron chi connectivity index (χ2n) is 14.3. The molecule has 3 rings (SSSR count). The lowest BCUT2D eigenvalue weighted by Crippen LogP contribution is -2.58. The molecule has 305 valence electrons. The van der Waals surface area contributed by atoms with Gasteiger partial charge in [0.1, 0.15) is 19.3 Å². The number of carbonyl (C=O) groups excluding carboxylic acids is 3. The van der Waals surface area contributed by atoms with Crippen molar-refractivity contribution in [1.29, 1.82) is 0 Å². The van der Waals surface area contributed by atoms with E-state index in [2.05, 4.69) is 42.9 Å². The van der Waals surface area contributed by atoms with Gasteiger partial charge in [0.2, 0.25) is 12.2 Å². The van der Waals surface area contributed by atoms with Crippen molar-refractivity contribution in [2.45, 2.75) is 163 Å². The van der Waals surface area contributed by atoms with Crippen LogP contribution in [0.5, 0.6) is 0 Å². The molecule has 10 atom stereocenters. The summed E-state index contributed by atoms with van der Waals surface area (Å²) < 4.78 is 33.5. The minimum absolute atomic E-state index is 0. The van der Waals surface area contributed by atoms with Crippen molar-refractivity contribution < 1.29 is 47.9 Å². The topological polar surface area (TPSA) is 151 Å². The van der Waals surface area contributed by atoms with E-state index in [9.17, 15) is 14.4 Å². The number of terminal acetylenes is 2. The number of rotatable bonds is 18. The molecule has 0 aromatic carbocycles. The third-order valence-corrected chi connectivity index (χ3v) is 9.99. The highest BCUT2D eigenvalue weighted by Gasteiger charge is 2.46. The molecule has 3 radical (unpaired) electrons. The lowest BCUT2D eigenvalue weighted by atomic mass is 9.82. The molecule has 13 heteroatoms. The molecule has 0 spiro atoms. The number of unbranched alkanes of at least 4 members (excludes halogenated alkanes) is 9. The molecule has 3 heterocycles. The molecule has 2 fully saturated rings. The Kier molecular flexibility index (Phi) is 27.6. The first-order valence-corrected chi connectivity index (χ1v) is 19.4. The van der Waals surface area contributed by atoms with Gasteiger partial charge in [0.05, 0.1) is 18.2 Å². The number of nitrogens with zero attached hydrogens (tertiary/aromatic N) is 1. The van der Waals surface area contributed by atoms with Gasteiger partial charge in [0, 0.05) is 62.2 Å². The summed E-state index contributed by atoms with van der Waals surface area (Å²) in [4.78, 5) is 38.0. The van der Waals surface area contributed by atoms with Crippen LogP contribution in [0.25, 0.3) is 0 Å². The molecule has 3 aliphatic heterocycles. The molecule has 0 aromatic rings. The standard InChI is InChI=1S/C22H37NO5.C12H19NO4.C7H12O.B/c1-6-7-8-9-10-11-12-13-14-26-22-21(23-18(4)24)17(3)16(2)20(28-22)15-27-19(5)25;1-6-7(2)11-12(16-8(3)13-11)17-10(6)5-15-9(4)14;1-2-3-4-5-6-7-8;/h1,16-17,20-22H,7-15H2,2-5H3,(H,23,24);6-7,10-12H,5H2,1-4H3;1,8H,3-7H2;. The maximum absolute atomic E-state index is 11.6. The van der Waals surface area contributed by atoms with Crippen molar-refractivity contribution in [3.8, 4) is 24.7 Å². The number of esters is 2. The summed E-state index contributed by atoms with van der Waals surface area (Å²) in [6.45, 7) is 15.8. The lowest BCUT2D eigenvalue weighted by Gasteiger charge is -2.44. The molecule has 0 saturated carbocycles. The minimum atomic E-state index is -0.536. The number of aliphatic hydroxyl groups excluding tert-OH is 1. The number of carbonyl (C=O) groups is 3. The Balaban J connectivity index is 0.000000909. The van der Waals surface area contributed by atoms with E-state index in [0.29, 0.717) is 25.0 Å². The normalized spacial score (nSPS) is 27.9. The molecule has 3 aliphatic rings. The smallest absolute Gasteiger partial charge is 0.302 e. The van der Waals surface area contributed by atoms with Crippen molar-refractivity contribution in [3.05, 3.63) is 0 Å². The first-order valence-electron chi connectivity index (χ1n) is 19.4. The van der Waals surface area contributed by atoms with Gasteiger partial charge in [-0.1, -0.05) is 59.8 Å². The Morgan fingerprint density at radius 3 is 1.78 bits per heavy atom. The zero-order valence-corrected chi connectivity index (χ0v) is 34.2. The molecule has 10 unspecified atom stereocenters. The van der Waals surface area contributed by atoms with Crippen LogP contribution in [0.1, 0.15) is 126 Å². The summed E-state index contributed by atoms with van der Waals surface area (Å²) in [5.41, 5.74) is 0. The molecule has 12 nitrogen and oxygen atoms in total. The summed E-state index contributed by atoms with van der Waals surface area (Å²) in [5, 5.41) is 11.3. The van der Waals surface area contributed by atoms with Gasteiger partial charge < -0.3 is 38.8 Å². The zero-order chi connectivity index (χ0) is 39.8. The molecule has 0 aromatic heterocycles. The van der Waals surface area contributed by atoms with Crippen LogP contribution in [-0.4, -0.2) is 101 Å². The predicted molar refractivity (Wildman–Crippen MR) is 210 cm³/mol. The fraction of sp³-hybridized carbons (Fsp3) is 0.805. The van der Waals surface area contributed by atoms with E-state index in [1.165, 1.54) is 33.6 Å². The second-order valence-corrected chi connectivity index (χ2v) is 14.3. The number of hydrogen-bond acceptors (Lipinski definition) is 11. The van der Waals surface area contributed by atoms with Crippen molar-refractivity contribution in [2.24, 2.45) is 28.7 Å². The van der Waals surface area contributed by atoms with Crippen LogP contribution in [0.4, 0.5) is 0 Å². The van der Waals surface area contributed by atoms with E-state index in [0.717, 1.165) is 57.8 Å². The molecule has 0 aliphatic carbocycles. The average Bonchev–Trinajstić information content (AvgIpc) is 3.49.